The van der Waals surface area contributed by atoms with Gasteiger partial charge in [-0.25, -0.2) is 15.0 Å². The van der Waals surface area contributed by atoms with Gasteiger partial charge in [-0.3, -0.25) is 4.79 Å². The highest BCUT2D eigenvalue weighted by atomic mass is 16.5. The molecule has 138 valence electrons. The Morgan fingerprint density at radius 2 is 2.15 bits per heavy atom. The number of fused-ring (bicyclic) bond motifs is 1. The molecule has 0 radical (unpaired) electrons. The van der Waals surface area contributed by atoms with Crippen LogP contribution < -0.4 is 21.1 Å². The molecule has 4 N–H and O–H groups in total. The first-order chi connectivity index (χ1) is 13.2. The average Bonchev–Trinajstić information content (AvgIpc) is 2.68. The third-order valence-corrected chi connectivity index (χ3v) is 4.45. The second kappa shape index (κ2) is 7.45. The largest absolute Gasteiger partial charge is 0.473 e. The Hall–Kier alpha value is -3.42. The van der Waals surface area contributed by atoms with Crippen LogP contribution in [0.2, 0.25) is 0 Å². The minimum Gasteiger partial charge on any atom is -0.473 e. The lowest BCUT2D eigenvalue weighted by Crippen LogP contribution is -2.38. The van der Waals surface area contributed by atoms with Crippen molar-refractivity contribution in [3.63, 3.8) is 0 Å². The fraction of sp³-hybridized carbons (Fsp3) is 0.263. The van der Waals surface area contributed by atoms with Gasteiger partial charge in [-0.05, 0) is 23.1 Å². The highest BCUT2D eigenvalue weighted by molar-refractivity contribution is 5.91. The van der Waals surface area contributed by atoms with Crippen molar-refractivity contribution in [1.82, 2.24) is 20.3 Å². The molecule has 27 heavy (non-hydrogen) atoms. The Balaban J connectivity index is 1.36. The molecule has 0 spiro atoms. The van der Waals surface area contributed by atoms with Gasteiger partial charge in [0.05, 0.1) is 18.8 Å². The minimum absolute atomic E-state index is 0.00502. The standard InChI is InChI=1S/C19H20N6O2/c20-19-15-2-1-12(7-13(15)3-5-22-19)9-23-16-10-25-18(11-24-16)27-14-4-6-21-17(26)8-14/h1-3,5,7,10-11,14H,4,6,8-9H2,(H2,20,22)(H,21,26)(H,23,24). The van der Waals surface area contributed by atoms with Crippen LogP contribution in [-0.4, -0.2) is 33.5 Å². The Kier molecular flexibility index (Phi) is 4.69. The van der Waals surface area contributed by atoms with Gasteiger partial charge >= 0.3 is 0 Å². The summed E-state index contributed by atoms with van der Waals surface area (Å²) < 4.78 is 5.72. The number of carbonyl (C=O) groups excluding carboxylic acids is 1. The van der Waals surface area contributed by atoms with Crippen LogP contribution in [0.4, 0.5) is 11.6 Å². The van der Waals surface area contributed by atoms with Crippen LogP contribution in [0.1, 0.15) is 18.4 Å². The lowest BCUT2D eigenvalue weighted by Gasteiger charge is -2.22. The van der Waals surface area contributed by atoms with E-state index in [1.807, 2.05) is 18.2 Å². The average molecular weight is 364 g/mol. The van der Waals surface area contributed by atoms with Crippen LogP contribution in [0, 0.1) is 0 Å². The second-order valence-electron chi connectivity index (χ2n) is 6.43. The smallest absolute Gasteiger partial charge is 0.232 e. The van der Waals surface area contributed by atoms with E-state index in [-0.39, 0.29) is 12.0 Å². The van der Waals surface area contributed by atoms with Crippen molar-refractivity contribution in [2.75, 3.05) is 17.6 Å². The van der Waals surface area contributed by atoms with E-state index in [1.54, 1.807) is 18.6 Å². The Bertz CT molecular complexity index is 960. The van der Waals surface area contributed by atoms with Crippen LogP contribution in [0.25, 0.3) is 10.8 Å². The quantitative estimate of drug-likeness (QED) is 0.633. The third-order valence-electron chi connectivity index (χ3n) is 4.45. The van der Waals surface area contributed by atoms with Gasteiger partial charge in [0.15, 0.2) is 0 Å². The number of nitrogens with one attached hydrogen (secondary N) is 2. The summed E-state index contributed by atoms with van der Waals surface area (Å²) in [6.07, 6.45) is 5.88. The second-order valence-corrected chi connectivity index (χ2v) is 6.43. The van der Waals surface area contributed by atoms with Crippen molar-refractivity contribution < 1.29 is 9.53 Å². The number of nitrogens with zero attached hydrogens (tertiary/aromatic N) is 3. The van der Waals surface area contributed by atoms with Gasteiger partial charge in [-0.2, -0.15) is 0 Å². The highest BCUT2D eigenvalue weighted by Crippen LogP contribution is 2.20. The first kappa shape index (κ1) is 17.0. The van der Waals surface area contributed by atoms with E-state index in [4.69, 9.17) is 10.5 Å². The molecule has 0 bridgehead atoms. The maximum absolute atomic E-state index is 11.4. The number of piperidine rings is 1. The fourth-order valence-electron chi connectivity index (χ4n) is 3.05. The fourth-order valence-corrected chi connectivity index (χ4v) is 3.05. The molecule has 1 unspecified atom stereocenters. The molecule has 1 atom stereocenters. The van der Waals surface area contributed by atoms with Gasteiger partial charge in [0.2, 0.25) is 11.8 Å². The van der Waals surface area contributed by atoms with E-state index in [1.165, 1.54) is 0 Å². The molecule has 1 saturated heterocycles. The molecule has 0 aliphatic carbocycles. The van der Waals surface area contributed by atoms with Crippen LogP contribution in [0.3, 0.4) is 0 Å². The number of anilines is 2. The van der Waals surface area contributed by atoms with Gasteiger partial charge in [0, 0.05) is 31.1 Å². The monoisotopic (exact) mass is 364 g/mol. The van der Waals surface area contributed by atoms with Crippen LogP contribution in [0.5, 0.6) is 5.88 Å². The van der Waals surface area contributed by atoms with Crippen molar-refractivity contribution in [3.05, 3.63) is 48.4 Å². The van der Waals surface area contributed by atoms with E-state index in [0.717, 1.165) is 22.8 Å². The summed E-state index contributed by atoms with van der Waals surface area (Å²) in [6, 6.07) is 7.98. The summed E-state index contributed by atoms with van der Waals surface area (Å²) in [7, 11) is 0. The highest BCUT2D eigenvalue weighted by Gasteiger charge is 2.20. The lowest BCUT2D eigenvalue weighted by molar-refractivity contribution is -0.124. The number of aromatic nitrogens is 3. The summed E-state index contributed by atoms with van der Waals surface area (Å²) in [5.74, 6) is 1.61. The van der Waals surface area contributed by atoms with Crippen LogP contribution in [0.15, 0.2) is 42.9 Å². The summed E-state index contributed by atoms with van der Waals surface area (Å²) >= 11 is 0. The molecule has 3 aromatic rings. The number of rotatable bonds is 5. The minimum atomic E-state index is -0.147. The molecule has 0 saturated carbocycles. The van der Waals surface area contributed by atoms with Crippen molar-refractivity contribution in [1.29, 1.82) is 0 Å². The van der Waals surface area contributed by atoms with Crippen LogP contribution >= 0.6 is 0 Å². The molecule has 3 heterocycles. The molecule has 8 nitrogen and oxygen atoms in total. The zero-order valence-corrected chi connectivity index (χ0v) is 14.7. The maximum Gasteiger partial charge on any atom is 0.232 e. The molecular weight excluding hydrogens is 344 g/mol. The number of nitrogen functional groups attached to an aromatic ring is 1. The summed E-state index contributed by atoms with van der Waals surface area (Å²) in [4.78, 5) is 24.1. The number of amides is 1. The molecule has 4 rings (SSSR count). The number of pyridine rings is 1. The van der Waals surface area contributed by atoms with Crippen molar-refractivity contribution in [3.8, 4) is 5.88 Å². The summed E-state index contributed by atoms with van der Waals surface area (Å²) in [5.41, 5.74) is 6.98. The molecule has 1 fully saturated rings. The maximum atomic E-state index is 11.4. The Morgan fingerprint density at radius 1 is 1.22 bits per heavy atom. The zero-order valence-electron chi connectivity index (χ0n) is 14.7. The Morgan fingerprint density at radius 3 is 2.96 bits per heavy atom. The van der Waals surface area contributed by atoms with Gasteiger partial charge in [-0.1, -0.05) is 12.1 Å². The molecule has 8 heteroatoms. The van der Waals surface area contributed by atoms with E-state index in [0.29, 0.717) is 37.0 Å². The van der Waals surface area contributed by atoms with Gasteiger partial charge < -0.3 is 21.1 Å². The van der Waals surface area contributed by atoms with Crippen LogP contribution in [-0.2, 0) is 11.3 Å². The number of ether oxygens (including phenoxy) is 1. The SMILES string of the molecule is Nc1nccc2cc(CNc3cnc(OC4CCNC(=O)C4)cn3)ccc12. The predicted octanol–water partition coefficient (Wildman–Crippen LogP) is 1.88. The van der Waals surface area contributed by atoms with Crippen molar-refractivity contribution >= 4 is 28.3 Å². The summed E-state index contributed by atoms with van der Waals surface area (Å²) in [5, 5.41) is 8.01. The molecule has 2 aromatic heterocycles. The van der Waals surface area contributed by atoms with E-state index in [9.17, 15) is 4.79 Å². The number of hydrogen-bond donors (Lipinski definition) is 3. The molecular formula is C19H20N6O2. The molecule has 1 amide bonds. The molecule has 1 aromatic carbocycles. The zero-order chi connectivity index (χ0) is 18.6. The van der Waals surface area contributed by atoms with E-state index < -0.39 is 0 Å². The third kappa shape index (κ3) is 4.05. The first-order valence-electron chi connectivity index (χ1n) is 8.80. The predicted molar refractivity (Wildman–Crippen MR) is 102 cm³/mol. The van der Waals surface area contributed by atoms with E-state index >= 15 is 0 Å². The van der Waals surface area contributed by atoms with E-state index in [2.05, 4.69) is 31.7 Å². The number of carbonyl (C=O) groups is 1. The van der Waals surface area contributed by atoms with Gasteiger partial charge in [0.1, 0.15) is 17.7 Å². The number of nitrogens with two attached hydrogens (primary N) is 1. The van der Waals surface area contributed by atoms with Gasteiger partial charge in [-0.15, -0.1) is 0 Å². The lowest BCUT2D eigenvalue weighted by atomic mass is 10.1. The first-order valence-corrected chi connectivity index (χ1v) is 8.80. The topological polar surface area (TPSA) is 115 Å². The molecule has 1 aliphatic rings. The van der Waals surface area contributed by atoms with Gasteiger partial charge in [0.25, 0.3) is 0 Å². The van der Waals surface area contributed by atoms with Crippen molar-refractivity contribution in [2.45, 2.75) is 25.5 Å². The summed E-state index contributed by atoms with van der Waals surface area (Å²) in [6.45, 7) is 1.24. The normalized spacial score (nSPS) is 16.7. The van der Waals surface area contributed by atoms with Crippen molar-refractivity contribution in [2.24, 2.45) is 0 Å². The molecule has 1 aliphatic heterocycles. The number of benzene rings is 1. The Labute approximate surface area is 156 Å². The number of hydrogen-bond acceptors (Lipinski definition) is 7.